The molecule has 1 aromatic carbocycles. The molecular weight excluding hydrogens is 310 g/mol. The fourth-order valence-electron chi connectivity index (χ4n) is 1.77. The lowest BCUT2D eigenvalue weighted by Gasteiger charge is -2.22. The predicted octanol–water partition coefficient (Wildman–Crippen LogP) is 4.24. The van der Waals surface area contributed by atoms with E-state index in [2.05, 4.69) is 4.98 Å². The van der Waals surface area contributed by atoms with E-state index in [0.717, 1.165) is 5.01 Å². The summed E-state index contributed by atoms with van der Waals surface area (Å²) in [6.07, 6.45) is 0.713. The summed E-state index contributed by atoms with van der Waals surface area (Å²) < 4.78 is 5.68. The second-order valence-corrected chi connectivity index (χ2v) is 6.52. The van der Waals surface area contributed by atoms with Gasteiger partial charge in [-0.05, 0) is 18.6 Å². The van der Waals surface area contributed by atoms with E-state index in [1.165, 1.54) is 11.3 Å². The van der Waals surface area contributed by atoms with Gasteiger partial charge in [0.2, 0.25) is 0 Å². The van der Waals surface area contributed by atoms with E-state index in [1.54, 1.807) is 11.4 Å². The van der Waals surface area contributed by atoms with Crippen molar-refractivity contribution in [3.8, 4) is 5.75 Å². The Kier molecular flexibility index (Phi) is 4.85. The smallest absolute Gasteiger partial charge is 0.355 e. The highest BCUT2D eigenvalue weighted by Crippen LogP contribution is 2.31. The van der Waals surface area contributed by atoms with Crippen molar-refractivity contribution in [1.82, 2.24) is 4.98 Å². The first-order valence-electron chi connectivity index (χ1n) is 6.47. The van der Waals surface area contributed by atoms with Crippen LogP contribution in [0.25, 0.3) is 0 Å². The molecule has 0 saturated carbocycles. The van der Waals surface area contributed by atoms with Crippen LogP contribution in [0.5, 0.6) is 5.75 Å². The van der Waals surface area contributed by atoms with Crippen LogP contribution in [0.2, 0.25) is 5.02 Å². The van der Waals surface area contributed by atoms with Gasteiger partial charge in [0.1, 0.15) is 5.75 Å². The molecule has 0 aliphatic rings. The van der Waals surface area contributed by atoms with Gasteiger partial charge in [-0.25, -0.2) is 9.78 Å². The fourth-order valence-corrected chi connectivity index (χ4v) is 2.91. The van der Waals surface area contributed by atoms with Crippen LogP contribution in [-0.4, -0.2) is 22.7 Å². The maximum absolute atomic E-state index is 10.9. The van der Waals surface area contributed by atoms with Crippen molar-refractivity contribution in [3.05, 3.63) is 45.4 Å². The number of halogens is 1. The van der Waals surface area contributed by atoms with Crippen molar-refractivity contribution in [1.29, 1.82) is 0 Å². The van der Waals surface area contributed by atoms with Crippen molar-refractivity contribution in [2.45, 2.75) is 25.7 Å². The molecular formula is C15H16ClNO3S. The number of thiazole rings is 1. The van der Waals surface area contributed by atoms with Crippen LogP contribution < -0.4 is 4.74 Å². The van der Waals surface area contributed by atoms with Crippen LogP contribution in [0.15, 0.2) is 29.6 Å². The Hall–Kier alpha value is -1.59. The summed E-state index contributed by atoms with van der Waals surface area (Å²) in [6, 6.07) is 7.32. The van der Waals surface area contributed by atoms with Crippen LogP contribution in [-0.2, 0) is 5.41 Å². The number of benzene rings is 1. The lowest BCUT2D eigenvalue weighted by atomic mass is 9.90. The van der Waals surface area contributed by atoms with Gasteiger partial charge in [-0.2, -0.15) is 0 Å². The van der Waals surface area contributed by atoms with E-state index in [-0.39, 0.29) is 11.1 Å². The highest BCUT2D eigenvalue weighted by atomic mass is 35.5. The molecule has 0 amide bonds. The molecule has 21 heavy (non-hydrogen) atoms. The molecule has 1 N–H and O–H groups in total. The number of aromatic nitrogens is 1. The second-order valence-electron chi connectivity index (χ2n) is 5.26. The van der Waals surface area contributed by atoms with Crippen LogP contribution in [0.1, 0.15) is 35.8 Å². The largest absolute Gasteiger partial charge is 0.492 e. The highest BCUT2D eigenvalue weighted by molar-refractivity contribution is 7.10. The summed E-state index contributed by atoms with van der Waals surface area (Å²) in [5, 5.41) is 11.9. The average Bonchev–Trinajstić information content (AvgIpc) is 2.91. The molecule has 112 valence electrons. The molecule has 2 rings (SSSR count). The Morgan fingerprint density at radius 1 is 1.43 bits per heavy atom. The molecule has 6 heteroatoms. The first-order chi connectivity index (χ1) is 9.90. The number of nitrogens with zero attached hydrogens (tertiary/aromatic N) is 1. The van der Waals surface area contributed by atoms with Crippen LogP contribution in [0, 0.1) is 0 Å². The van der Waals surface area contributed by atoms with E-state index in [1.807, 2.05) is 32.0 Å². The van der Waals surface area contributed by atoms with E-state index >= 15 is 0 Å². The molecule has 0 spiro atoms. The monoisotopic (exact) mass is 325 g/mol. The van der Waals surface area contributed by atoms with Gasteiger partial charge in [-0.15, -0.1) is 11.3 Å². The quantitative estimate of drug-likeness (QED) is 0.863. The molecule has 0 aliphatic carbocycles. The molecule has 0 aliphatic heterocycles. The van der Waals surface area contributed by atoms with Gasteiger partial charge in [0.15, 0.2) is 5.69 Å². The van der Waals surface area contributed by atoms with Crippen molar-refractivity contribution >= 4 is 28.9 Å². The Bertz CT molecular complexity index is 639. The highest BCUT2D eigenvalue weighted by Gasteiger charge is 2.25. The summed E-state index contributed by atoms with van der Waals surface area (Å²) in [6.45, 7) is 4.53. The third-order valence-electron chi connectivity index (χ3n) is 3.12. The zero-order valence-electron chi connectivity index (χ0n) is 11.8. The molecule has 0 fully saturated rings. The summed E-state index contributed by atoms with van der Waals surface area (Å²) in [7, 11) is 0. The van der Waals surface area contributed by atoms with E-state index in [0.29, 0.717) is 23.8 Å². The molecule has 0 unspecified atom stereocenters. The number of carboxylic acid groups (broad SMARTS) is 1. The zero-order chi connectivity index (χ0) is 15.5. The van der Waals surface area contributed by atoms with Gasteiger partial charge in [0, 0.05) is 10.8 Å². The van der Waals surface area contributed by atoms with Gasteiger partial charge >= 0.3 is 5.97 Å². The van der Waals surface area contributed by atoms with Gasteiger partial charge in [-0.1, -0.05) is 37.6 Å². The summed E-state index contributed by atoms with van der Waals surface area (Å²) in [4.78, 5) is 15.0. The Labute approximate surface area is 132 Å². The summed E-state index contributed by atoms with van der Waals surface area (Å²) in [5.41, 5.74) is -0.158. The minimum atomic E-state index is -0.999. The molecule has 1 aromatic heterocycles. The molecule has 0 radical (unpaired) electrons. The number of carbonyl (C=O) groups is 1. The maximum Gasteiger partial charge on any atom is 0.355 e. The van der Waals surface area contributed by atoms with Crippen LogP contribution in [0.4, 0.5) is 0 Å². The zero-order valence-corrected chi connectivity index (χ0v) is 13.4. The van der Waals surface area contributed by atoms with Crippen molar-refractivity contribution in [2.75, 3.05) is 6.61 Å². The molecule has 0 bridgehead atoms. The number of hydrogen-bond donors (Lipinski definition) is 1. The normalized spacial score (nSPS) is 11.4. The number of para-hydroxylation sites is 1. The van der Waals surface area contributed by atoms with Crippen LogP contribution in [0.3, 0.4) is 0 Å². The van der Waals surface area contributed by atoms with Gasteiger partial charge < -0.3 is 9.84 Å². The lowest BCUT2D eigenvalue weighted by molar-refractivity contribution is 0.0691. The number of aromatic carboxylic acids is 1. The number of rotatable bonds is 6. The van der Waals surface area contributed by atoms with E-state index in [9.17, 15) is 4.79 Å². The number of carboxylic acids is 1. The summed E-state index contributed by atoms with van der Waals surface area (Å²) in [5.74, 6) is -0.346. The minimum absolute atomic E-state index is 0.0927. The first kappa shape index (κ1) is 15.8. The first-order valence-corrected chi connectivity index (χ1v) is 7.72. The van der Waals surface area contributed by atoms with E-state index < -0.39 is 5.97 Å². The standard InChI is InChI=1S/C15H16ClNO3S/c1-15(2,14-17-11(9-21-14)13(18)19)7-8-20-12-6-4-3-5-10(12)16/h3-6,9H,7-8H2,1-2H3,(H,18,19). The van der Waals surface area contributed by atoms with Gasteiger partial charge in [0.25, 0.3) is 0 Å². The Morgan fingerprint density at radius 3 is 2.76 bits per heavy atom. The SMILES string of the molecule is CC(C)(CCOc1ccccc1Cl)c1nc(C(=O)O)cs1. The number of ether oxygens (including phenoxy) is 1. The van der Waals surface area contributed by atoms with Gasteiger partial charge in [0.05, 0.1) is 16.6 Å². The van der Waals surface area contributed by atoms with Gasteiger partial charge in [-0.3, -0.25) is 0 Å². The Balaban J connectivity index is 1.97. The second kappa shape index (κ2) is 6.45. The third kappa shape index (κ3) is 3.95. The minimum Gasteiger partial charge on any atom is -0.492 e. The third-order valence-corrected chi connectivity index (χ3v) is 4.64. The fraction of sp³-hybridized carbons (Fsp3) is 0.333. The molecule has 0 saturated heterocycles. The average molecular weight is 326 g/mol. The van der Waals surface area contributed by atoms with Crippen LogP contribution >= 0.6 is 22.9 Å². The lowest BCUT2D eigenvalue weighted by Crippen LogP contribution is -2.21. The molecule has 2 aromatic rings. The number of hydrogen-bond acceptors (Lipinski definition) is 4. The van der Waals surface area contributed by atoms with Crippen molar-refractivity contribution in [2.24, 2.45) is 0 Å². The predicted molar refractivity (Wildman–Crippen MR) is 83.7 cm³/mol. The van der Waals surface area contributed by atoms with Crippen molar-refractivity contribution in [3.63, 3.8) is 0 Å². The molecule has 4 nitrogen and oxygen atoms in total. The molecule has 1 heterocycles. The maximum atomic E-state index is 10.9. The van der Waals surface area contributed by atoms with E-state index in [4.69, 9.17) is 21.4 Å². The van der Waals surface area contributed by atoms with Crippen molar-refractivity contribution < 1.29 is 14.6 Å². The molecule has 0 atom stereocenters. The summed E-state index contributed by atoms with van der Waals surface area (Å²) >= 11 is 7.39. The Morgan fingerprint density at radius 2 is 2.14 bits per heavy atom. The topological polar surface area (TPSA) is 59.4 Å².